The summed E-state index contributed by atoms with van der Waals surface area (Å²) in [7, 11) is 0. The van der Waals surface area contributed by atoms with Crippen LogP contribution in [0.3, 0.4) is 0 Å². The van der Waals surface area contributed by atoms with Crippen LogP contribution in [0.15, 0.2) is 42.5 Å². The number of hydrogen-bond donors (Lipinski definition) is 2. The largest absolute Gasteiger partial charge is 0.492 e. The van der Waals surface area contributed by atoms with Crippen molar-refractivity contribution < 1.29 is 37.7 Å². The van der Waals surface area contributed by atoms with Gasteiger partial charge >= 0.3 is 12.0 Å². The molecular weight excluding hydrogens is 510 g/mol. The number of ether oxygens (including phenoxy) is 3. The Morgan fingerprint density at radius 2 is 1.77 bits per heavy atom. The molecular formula is C29H38F2N2O6. The number of fused-ring (bicyclic) bond motifs is 1. The molecule has 0 spiro atoms. The van der Waals surface area contributed by atoms with E-state index in [0.29, 0.717) is 18.0 Å². The maximum atomic E-state index is 13.1. The van der Waals surface area contributed by atoms with E-state index in [9.17, 15) is 23.5 Å². The molecule has 2 N–H and O–H groups in total. The van der Waals surface area contributed by atoms with Crippen LogP contribution in [-0.4, -0.2) is 73.6 Å². The lowest BCUT2D eigenvalue weighted by Crippen LogP contribution is -2.40. The van der Waals surface area contributed by atoms with Crippen molar-refractivity contribution in [3.63, 3.8) is 0 Å². The average Bonchev–Trinajstić information content (AvgIpc) is 3.35. The van der Waals surface area contributed by atoms with E-state index >= 15 is 0 Å². The van der Waals surface area contributed by atoms with E-state index in [0.717, 1.165) is 31.7 Å². The fourth-order valence-corrected chi connectivity index (χ4v) is 4.32. The third-order valence-corrected chi connectivity index (χ3v) is 6.45. The first-order valence-electron chi connectivity index (χ1n) is 13.3. The highest BCUT2D eigenvalue weighted by molar-refractivity contribution is 5.89. The summed E-state index contributed by atoms with van der Waals surface area (Å²) in [6.45, 7) is 3.58. The molecule has 0 radical (unpaired) electrons. The number of nitrogens with one attached hydrogen (secondary N) is 1. The molecule has 1 unspecified atom stereocenters. The lowest BCUT2D eigenvalue weighted by molar-refractivity contribution is -0.149. The Morgan fingerprint density at radius 1 is 1.05 bits per heavy atom. The molecule has 0 fully saturated rings. The molecule has 0 saturated heterocycles. The van der Waals surface area contributed by atoms with E-state index in [2.05, 4.69) is 5.32 Å². The summed E-state index contributed by atoms with van der Waals surface area (Å²) in [5.41, 5.74) is 4.06. The van der Waals surface area contributed by atoms with Crippen molar-refractivity contribution in [2.24, 2.45) is 0 Å². The molecule has 2 amide bonds. The number of carbonyl (C=O) groups is 2. The molecule has 0 aliphatic heterocycles. The predicted molar refractivity (Wildman–Crippen MR) is 144 cm³/mol. The molecule has 10 heteroatoms. The van der Waals surface area contributed by atoms with Crippen LogP contribution in [0.2, 0.25) is 0 Å². The Morgan fingerprint density at radius 3 is 2.46 bits per heavy atom. The number of carbonyl (C=O) groups excluding carboxylic acids is 1. The van der Waals surface area contributed by atoms with E-state index < -0.39 is 18.0 Å². The number of halogens is 2. The van der Waals surface area contributed by atoms with Gasteiger partial charge in [0.05, 0.1) is 19.8 Å². The van der Waals surface area contributed by atoms with Crippen LogP contribution in [0.5, 0.6) is 5.75 Å². The maximum absolute atomic E-state index is 13.1. The maximum Gasteiger partial charge on any atom is 0.333 e. The Bertz CT molecular complexity index is 1070. The lowest BCUT2D eigenvalue weighted by Gasteiger charge is -2.23. The molecule has 2 aromatic rings. The number of rotatable bonds is 16. The number of aliphatic carboxylic acids is 1. The van der Waals surface area contributed by atoms with Gasteiger partial charge in [-0.15, -0.1) is 0 Å². The zero-order chi connectivity index (χ0) is 28.3. The number of anilines is 1. The minimum atomic E-state index is -2.80. The summed E-state index contributed by atoms with van der Waals surface area (Å²) < 4.78 is 42.5. The second kappa shape index (κ2) is 14.8. The summed E-state index contributed by atoms with van der Waals surface area (Å²) in [4.78, 5) is 25.9. The monoisotopic (exact) mass is 548 g/mol. The fourth-order valence-electron chi connectivity index (χ4n) is 4.32. The van der Waals surface area contributed by atoms with Crippen LogP contribution >= 0.6 is 0 Å². The molecule has 8 nitrogen and oxygen atoms in total. The topological polar surface area (TPSA) is 97.3 Å². The number of amides is 2. The molecule has 0 heterocycles. The third kappa shape index (κ3) is 10.4. The summed E-state index contributed by atoms with van der Waals surface area (Å²) in [6, 6.07) is 12.6. The molecule has 1 aliphatic carbocycles. The molecule has 0 saturated carbocycles. The zero-order valence-corrected chi connectivity index (χ0v) is 22.6. The number of urea groups is 1. The van der Waals surface area contributed by atoms with Crippen molar-refractivity contribution in [3.05, 3.63) is 59.2 Å². The number of carboxylic acids is 1. The molecule has 39 heavy (non-hydrogen) atoms. The molecule has 0 aromatic heterocycles. The van der Waals surface area contributed by atoms with E-state index in [-0.39, 0.29) is 51.8 Å². The van der Waals surface area contributed by atoms with Gasteiger partial charge in [0.25, 0.3) is 0 Å². The Labute approximate surface area is 228 Å². The number of carboxylic acid groups (broad SMARTS) is 1. The minimum absolute atomic E-state index is 0.0986. The lowest BCUT2D eigenvalue weighted by atomic mass is 10.1. The van der Waals surface area contributed by atoms with E-state index in [1.165, 1.54) is 16.0 Å². The number of nitrogens with zero attached hydrogens (tertiary/aromatic N) is 1. The highest BCUT2D eigenvalue weighted by atomic mass is 19.3. The molecule has 0 bridgehead atoms. The number of alkyl halides is 2. The number of aryl methyl sites for hydroxylation is 2. The first kappa shape index (κ1) is 30.3. The number of benzene rings is 2. The molecule has 3 rings (SSSR count). The summed E-state index contributed by atoms with van der Waals surface area (Å²) in [5.74, 6) is -3.24. The third-order valence-electron chi connectivity index (χ3n) is 6.45. The van der Waals surface area contributed by atoms with Crippen LogP contribution in [0.4, 0.5) is 19.3 Å². The van der Waals surface area contributed by atoms with Crippen molar-refractivity contribution >= 4 is 17.7 Å². The summed E-state index contributed by atoms with van der Waals surface area (Å²) in [5, 5.41) is 12.2. The first-order chi connectivity index (χ1) is 18.6. The van der Waals surface area contributed by atoms with Crippen molar-refractivity contribution in [2.45, 2.75) is 58.0 Å². The van der Waals surface area contributed by atoms with E-state index in [4.69, 9.17) is 14.2 Å². The smallest absolute Gasteiger partial charge is 0.333 e. The van der Waals surface area contributed by atoms with Gasteiger partial charge in [-0.2, -0.15) is 0 Å². The Hall–Kier alpha value is -3.24. The fraction of sp³-hybridized carbons (Fsp3) is 0.517. The van der Waals surface area contributed by atoms with Crippen LogP contribution < -0.4 is 10.1 Å². The summed E-state index contributed by atoms with van der Waals surface area (Å²) in [6.07, 6.45) is 2.10. The van der Waals surface area contributed by atoms with Gasteiger partial charge in [0.15, 0.2) is 6.10 Å². The normalized spacial score (nSPS) is 13.5. The molecule has 1 aliphatic rings. The van der Waals surface area contributed by atoms with Crippen molar-refractivity contribution in [1.82, 2.24) is 4.90 Å². The zero-order valence-electron chi connectivity index (χ0n) is 22.6. The van der Waals surface area contributed by atoms with Crippen molar-refractivity contribution in [2.75, 3.05) is 44.8 Å². The van der Waals surface area contributed by atoms with Crippen LogP contribution in [0.25, 0.3) is 0 Å². The SMILES string of the molecule is CCOC(Cc1ccc(OCCN(CCOCCC(C)(F)F)C(=O)Nc2ccc3c(c2)CCC3)cc1)C(=O)O. The molecule has 2 aromatic carbocycles. The van der Waals surface area contributed by atoms with Gasteiger partial charge in [-0.3, -0.25) is 0 Å². The second-order valence-corrected chi connectivity index (χ2v) is 9.67. The van der Waals surface area contributed by atoms with Crippen LogP contribution in [-0.2, 0) is 33.5 Å². The standard InChI is InChI=1S/C29H38F2N2O6/c1-3-38-26(27(34)35)19-21-7-11-25(12-8-21)39-18-15-33(14-17-37-16-13-29(2,30)31)28(36)32-24-10-9-22-5-4-6-23(22)20-24/h7-12,20,26H,3-6,13-19H2,1-2H3,(H,32,36)(H,34,35). The van der Waals surface area contributed by atoms with Gasteiger partial charge in [-0.1, -0.05) is 18.2 Å². The number of hydrogen-bond acceptors (Lipinski definition) is 5. The summed E-state index contributed by atoms with van der Waals surface area (Å²) >= 11 is 0. The highest BCUT2D eigenvalue weighted by Gasteiger charge is 2.21. The van der Waals surface area contributed by atoms with Gasteiger partial charge in [-0.05, 0) is 74.1 Å². The van der Waals surface area contributed by atoms with Crippen LogP contribution in [0, 0.1) is 0 Å². The van der Waals surface area contributed by atoms with E-state index in [1.807, 2.05) is 18.2 Å². The van der Waals surface area contributed by atoms with Gasteiger partial charge in [0.1, 0.15) is 12.4 Å². The minimum Gasteiger partial charge on any atom is -0.492 e. The Kier molecular flexibility index (Phi) is 11.5. The van der Waals surface area contributed by atoms with E-state index in [1.54, 1.807) is 31.2 Å². The molecule has 1 atom stereocenters. The van der Waals surface area contributed by atoms with Gasteiger partial charge in [0, 0.05) is 31.7 Å². The molecule has 214 valence electrons. The van der Waals surface area contributed by atoms with Gasteiger partial charge in [-0.25, -0.2) is 18.4 Å². The Balaban J connectivity index is 1.54. The van der Waals surface area contributed by atoms with Crippen molar-refractivity contribution in [1.29, 1.82) is 0 Å². The quantitative estimate of drug-likeness (QED) is 0.281. The average molecular weight is 549 g/mol. The predicted octanol–water partition coefficient (Wildman–Crippen LogP) is 5.18. The first-order valence-corrected chi connectivity index (χ1v) is 13.3. The highest BCUT2D eigenvalue weighted by Crippen LogP contribution is 2.25. The van der Waals surface area contributed by atoms with Gasteiger partial charge in [0.2, 0.25) is 5.92 Å². The van der Waals surface area contributed by atoms with Gasteiger partial charge < -0.3 is 29.5 Å². The van der Waals surface area contributed by atoms with Crippen molar-refractivity contribution in [3.8, 4) is 5.75 Å². The van der Waals surface area contributed by atoms with Crippen LogP contribution in [0.1, 0.15) is 43.4 Å². The second-order valence-electron chi connectivity index (χ2n) is 9.67.